The normalized spacial score (nSPS) is 11.4. The van der Waals surface area contributed by atoms with Gasteiger partial charge < -0.3 is 4.74 Å². The molecule has 26 heavy (non-hydrogen) atoms. The predicted octanol–water partition coefficient (Wildman–Crippen LogP) is 4.80. The zero-order chi connectivity index (χ0) is 19.2. The molecule has 0 unspecified atom stereocenters. The molecule has 0 saturated heterocycles. The summed E-state index contributed by atoms with van der Waals surface area (Å²) in [6.07, 6.45) is -1.53. The second-order valence-corrected chi connectivity index (χ2v) is 5.92. The van der Waals surface area contributed by atoms with Gasteiger partial charge in [0.25, 0.3) is 5.91 Å². The highest BCUT2D eigenvalue weighted by atomic mass is 79.9. The number of alkyl halides is 3. The Morgan fingerprint density at radius 2 is 2.04 bits per heavy atom. The van der Waals surface area contributed by atoms with Crippen molar-refractivity contribution < 1.29 is 22.7 Å². The average molecular weight is 427 g/mol. The number of benzene rings is 2. The number of amides is 1. The van der Waals surface area contributed by atoms with E-state index in [2.05, 4.69) is 33.0 Å². The zero-order valence-corrected chi connectivity index (χ0v) is 15.0. The second kappa shape index (κ2) is 8.66. The Morgan fingerprint density at radius 1 is 1.27 bits per heavy atom. The molecule has 4 nitrogen and oxygen atoms in total. The van der Waals surface area contributed by atoms with Gasteiger partial charge in [-0.15, -0.1) is 0 Å². The summed E-state index contributed by atoms with van der Waals surface area (Å²) >= 11 is 3.35. The van der Waals surface area contributed by atoms with Crippen molar-refractivity contribution in [3.63, 3.8) is 0 Å². The highest BCUT2D eigenvalue weighted by Gasteiger charge is 2.30. The van der Waals surface area contributed by atoms with Crippen LogP contribution in [-0.4, -0.2) is 18.7 Å². The Kier molecular flexibility index (Phi) is 6.57. The van der Waals surface area contributed by atoms with Crippen molar-refractivity contribution in [2.24, 2.45) is 5.10 Å². The first-order valence-corrected chi connectivity index (χ1v) is 8.14. The van der Waals surface area contributed by atoms with Crippen LogP contribution in [0.1, 0.15) is 21.5 Å². The fraction of sp³-hybridized carbons (Fsp3) is 0.111. The van der Waals surface area contributed by atoms with Crippen LogP contribution in [0.4, 0.5) is 13.2 Å². The molecule has 2 aromatic rings. The van der Waals surface area contributed by atoms with Gasteiger partial charge >= 0.3 is 6.18 Å². The van der Waals surface area contributed by atoms with Crippen LogP contribution in [0.2, 0.25) is 0 Å². The molecule has 0 saturated carbocycles. The molecule has 136 valence electrons. The molecular formula is C18H14BrF3N2O2. The summed E-state index contributed by atoms with van der Waals surface area (Å²) in [4.78, 5) is 11.9. The first-order valence-electron chi connectivity index (χ1n) is 7.35. The minimum Gasteiger partial charge on any atom is -0.488 e. The molecule has 0 bridgehead atoms. The Balaban J connectivity index is 2.03. The minimum atomic E-state index is -4.51. The quantitative estimate of drug-likeness (QED) is 0.409. The van der Waals surface area contributed by atoms with Gasteiger partial charge in [0, 0.05) is 5.56 Å². The summed E-state index contributed by atoms with van der Waals surface area (Å²) in [7, 11) is 0. The lowest BCUT2D eigenvalue weighted by atomic mass is 10.1. The van der Waals surface area contributed by atoms with Gasteiger partial charge in [-0.2, -0.15) is 18.3 Å². The summed E-state index contributed by atoms with van der Waals surface area (Å²) in [5.74, 6) is -0.118. The van der Waals surface area contributed by atoms with Crippen molar-refractivity contribution in [3.05, 3.63) is 76.3 Å². The van der Waals surface area contributed by atoms with E-state index in [0.717, 1.165) is 12.1 Å². The maximum absolute atomic E-state index is 12.7. The number of nitrogens with one attached hydrogen (secondary N) is 1. The Hall–Kier alpha value is -2.61. The van der Waals surface area contributed by atoms with E-state index < -0.39 is 17.6 Å². The van der Waals surface area contributed by atoms with Crippen molar-refractivity contribution in [1.82, 2.24) is 5.43 Å². The van der Waals surface area contributed by atoms with E-state index >= 15 is 0 Å². The van der Waals surface area contributed by atoms with Crippen LogP contribution >= 0.6 is 15.9 Å². The summed E-state index contributed by atoms with van der Waals surface area (Å²) in [5, 5.41) is 3.76. The summed E-state index contributed by atoms with van der Waals surface area (Å²) < 4.78 is 44.1. The highest BCUT2D eigenvalue weighted by molar-refractivity contribution is 9.10. The van der Waals surface area contributed by atoms with Gasteiger partial charge in [-0.25, -0.2) is 5.43 Å². The van der Waals surface area contributed by atoms with Crippen molar-refractivity contribution >= 4 is 28.1 Å². The number of hydrogen-bond acceptors (Lipinski definition) is 3. The number of rotatable bonds is 6. The zero-order valence-electron chi connectivity index (χ0n) is 13.4. The van der Waals surface area contributed by atoms with Gasteiger partial charge in [-0.3, -0.25) is 4.79 Å². The first kappa shape index (κ1) is 19.7. The van der Waals surface area contributed by atoms with Gasteiger partial charge in [0.05, 0.1) is 16.3 Å². The summed E-state index contributed by atoms with van der Waals surface area (Å²) in [6, 6.07) is 9.26. The van der Waals surface area contributed by atoms with Gasteiger partial charge in [-0.1, -0.05) is 18.7 Å². The molecule has 0 radical (unpaired) electrons. The van der Waals surface area contributed by atoms with Crippen LogP contribution in [-0.2, 0) is 6.18 Å². The third kappa shape index (κ3) is 5.45. The topological polar surface area (TPSA) is 50.7 Å². The Labute approximate surface area is 156 Å². The molecule has 0 fully saturated rings. The van der Waals surface area contributed by atoms with Gasteiger partial charge in [0.1, 0.15) is 12.4 Å². The molecule has 0 aliphatic carbocycles. The monoisotopic (exact) mass is 426 g/mol. The number of nitrogens with zero attached hydrogens (tertiary/aromatic N) is 1. The maximum atomic E-state index is 12.7. The van der Waals surface area contributed by atoms with E-state index in [-0.39, 0.29) is 5.56 Å². The third-order valence-corrected chi connectivity index (χ3v) is 3.76. The number of hydrogen-bond donors (Lipinski definition) is 1. The Bertz CT molecular complexity index is 835. The molecule has 0 aliphatic rings. The largest absolute Gasteiger partial charge is 0.488 e. The molecule has 2 rings (SSSR count). The van der Waals surface area contributed by atoms with E-state index in [1.807, 2.05) is 0 Å². The molecule has 0 aromatic heterocycles. The number of ether oxygens (including phenoxy) is 1. The number of halogens is 4. The van der Waals surface area contributed by atoms with Crippen LogP contribution in [0.15, 0.2) is 64.7 Å². The summed E-state index contributed by atoms with van der Waals surface area (Å²) in [5.41, 5.74) is 1.83. The van der Waals surface area contributed by atoms with E-state index in [0.29, 0.717) is 22.4 Å². The second-order valence-electron chi connectivity index (χ2n) is 5.07. The van der Waals surface area contributed by atoms with Crippen LogP contribution in [0, 0.1) is 0 Å². The lowest BCUT2D eigenvalue weighted by Gasteiger charge is -2.08. The van der Waals surface area contributed by atoms with Crippen LogP contribution in [0.3, 0.4) is 0 Å². The molecule has 0 spiro atoms. The van der Waals surface area contributed by atoms with E-state index in [4.69, 9.17) is 4.74 Å². The highest BCUT2D eigenvalue weighted by Crippen LogP contribution is 2.29. The fourth-order valence-electron chi connectivity index (χ4n) is 1.93. The average Bonchev–Trinajstić information content (AvgIpc) is 2.60. The van der Waals surface area contributed by atoms with Crippen molar-refractivity contribution in [1.29, 1.82) is 0 Å². The third-order valence-electron chi connectivity index (χ3n) is 3.14. The van der Waals surface area contributed by atoms with Crippen LogP contribution in [0.25, 0.3) is 0 Å². The van der Waals surface area contributed by atoms with Crippen molar-refractivity contribution in [2.75, 3.05) is 6.61 Å². The van der Waals surface area contributed by atoms with Crippen molar-refractivity contribution in [2.45, 2.75) is 6.18 Å². The fourth-order valence-corrected chi connectivity index (χ4v) is 2.44. The number of carbonyl (C=O) groups is 1. The molecule has 0 atom stereocenters. The molecule has 1 N–H and O–H groups in total. The van der Waals surface area contributed by atoms with E-state index in [1.165, 1.54) is 18.3 Å². The lowest BCUT2D eigenvalue weighted by molar-refractivity contribution is -0.137. The standard InChI is InChI=1S/C18H14BrF3N2O2/c1-2-8-26-16-7-6-12(9-15(16)19)11-23-24-17(25)13-4-3-5-14(10-13)18(20,21)22/h2-7,9-11H,1,8H2,(H,24,25)/b23-11-. The van der Waals surface area contributed by atoms with Gasteiger partial charge in [0.2, 0.25) is 0 Å². The Morgan fingerprint density at radius 3 is 2.69 bits per heavy atom. The predicted molar refractivity (Wildman–Crippen MR) is 96.3 cm³/mol. The maximum Gasteiger partial charge on any atom is 0.416 e. The number of hydrazone groups is 1. The molecule has 8 heteroatoms. The molecule has 2 aromatic carbocycles. The molecule has 0 heterocycles. The lowest BCUT2D eigenvalue weighted by Crippen LogP contribution is -2.18. The van der Waals surface area contributed by atoms with Crippen LogP contribution in [0.5, 0.6) is 5.75 Å². The smallest absolute Gasteiger partial charge is 0.416 e. The number of carbonyl (C=O) groups excluding carboxylic acids is 1. The van der Waals surface area contributed by atoms with Crippen molar-refractivity contribution in [3.8, 4) is 5.75 Å². The SMILES string of the molecule is C=CCOc1ccc(/C=N\NC(=O)c2cccc(C(F)(F)F)c2)cc1Br. The summed E-state index contributed by atoms with van der Waals surface area (Å²) in [6.45, 7) is 3.92. The minimum absolute atomic E-state index is 0.133. The molecule has 1 amide bonds. The van der Waals surface area contributed by atoms with Gasteiger partial charge in [0.15, 0.2) is 0 Å². The van der Waals surface area contributed by atoms with E-state index in [9.17, 15) is 18.0 Å². The van der Waals surface area contributed by atoms with Crippen LogP contribution < -0.4 is 10.2 Å². The van der Waals surface area contributed by atoms with Gasteiger partial charge in [-0.05, 0) is 57.9 Å². The molecule has 0 aliphatic heterocycles. The van der Waals surface area contributed by atoms with E-state index in [1.54, 1.807) is 24.3 Å². The first-order chi connectivity index (χ1) is 12.3. The molecular weight excluding hydrogens is 413 g/mol.